The van der Waals surface area contributed by atoms with Crippen LogP contribution in [0.1, 0.15) is 0 Å². The maximum atomic E-state index is 5.88. The maximum absolute atomic E-state index is 5.88. The minimum absolute atomic E-state index is 0.554. The van der Waals surface area contributed by atoms with Gasteiger partial charge in [0.1, 0.15) is 0 Å². The average Bonchev–Trinajstić information content (AvgIpc) is 2.74. The Morgan fingerprint density at radius 2 is 2.25 bits per heavy atom. The van der Waals surface area contributed by atoms with Gasteiger partial charge in [-0.15, -0.1) is 11.3 Å². The van der Waals surface area contributed by atoms with Gasteiger partial charge in [-0.3, -0.25) is 0 Å². The van der Waals surface area contributed by atoms with Crippen LogP contribution in [0.25, 0.3) is 10.6 Å². The molecule has 0 saturated heterocycles. The number of hydrogen-bond acceptors (Lipinski definition) is 5. The fourth-order valence-electron chi connectivity index (χ4n) is 1.22. The first-order valence-corrected chi connectivity index (χ1v) is 6.02. The van der Waals surface area contributed by atoms with Crippen LogP contribution in [0.4, 0.5) is 5.95 Å². The number of thiophene rings is 1. The quantitative estimate of drug-likeness (QED) is 0.878. The van der Waals surface area contributed by atoms with E-state index in [-0.39, 0.29) is 0 Å². The van der Waals surface area contributed by atoms with Gasteiger partial charge in [0.2, 0.25) is 5.95 Å². The van der Waals surface area contributed by atoms with E-state index in [2.05, 4.69) is 15.3 Å². The molecule has 0 radical (unpaired) electrons. The van der Waals surface area contributed by atoms with E-state index in [4.69, 9.17) is 17.3 Å². The van der Waals surface area contributed by atoms with Gasteiger partial charge in [0.15, 0.2) is 0 Å². The Morgan fingerprint density at radius 1 is 1.38 bits per heavy atom. The molecule has 0 amide bonds. The van der Waals surface area contributed by atoms with Gasteiger partial charge in [-0.1, -0.05) is 11.6 Å². The van der Waals surface area contributed by atoms with E-state index in [0.717, 1.165) is 14.9 Å². The third-order valence-electron chi connectivity index (χ3n) is 1.91. The van der Waals surface area contributed by atoms with Crippen molar-refractivity contribution >= 4 is 28.9 Å². The Balaban J connectivity index is 2.22. The standard InChI is InChI=1S/C10H11ClN4S/c11-9-2-1-8(16-9)7-3-5-13-10(15-7)14-6-4-12/h1-3,5H,4,6,12H2,(H,13,14,15). The molecule has 6 heteroatoms. The van der Waals surface area contributed by atoms with Crippen molar-refractivity contribution in [3.8, 4) is 10.6 Å². The first-order chi connectivity index (χ1) is 7.79. The minimum Gasteiger partial charge on any atom is -0.353 e. The molecule has 0 atom stereocenters. The molecule has 2 aromatic heterocycles. The molecule has 4 nitrogen and oxygen atoms in total. The van der Waals surface area contributed by atoms with Crippen LogP contribution in [-0.2, 0) is 0 Å². The number of halogens is 1. The summed E-state index contributed by atoms with van der Waals surface area (Å²) in [5.74, 6) is 0.590. The van der Waals surface area contributed by atoms with Gasteiger partial charge in [0.05, 0.1) is 14.9 Å². The van der Waals surface area contributed by atoms with Crippen molar-refractivity contribution in [2.24, 2.45) is 5.73 Å². The molecule has 0 aliphatic rings. The summed E-state index contributed by atoms with van der Waals surface area (Å²) >= 11 is 7.37. The second kappa shape index (κ2) is 5.25. The van der Waals surface area contributed by atoms with E-state index < -0.39 is 0 Å². The minimum atomic E-state index is 0.554. The lowest BCUT2D eigenvalue weighted by Gasteiger charge is -2.03. The molecule has 16 heavy (non-hydrogen) atoms. The maximum Gasteiger partial charge on any atom is 0.223 e. The SMILES string of the molecule is NCCNc1nccc(-c2ccc(Cl)s2)n1. The van der Waals surface area contributed by atoms with Gasteiger partial charge in [-0.05, 0) is 18.2 Å². The molecule has 0 aromatic carbocycles. The molecule has 0 spiro atoms. The highest BCUT2D eigenvalue weighted by Gasteiger charge is 2.04. The lowest BCUT2D eigenvalue weighted by molar-refractivity contribution is 0.991. The zero-order valence-corrected chi connectivity index (χ0v) is 10.1. The van der Waals surface area contributed by atoms with Gasteiger partial charge in [0, 0.05) is 19.3 Å². The number of rotatable bonds is 4. The normalized spacial score (nSPS) is 10.4. The highest BCUT2D eigenvalue weighted by Crippen LogP contribution is 2.29. The highest BCUT2D eigenvalue weighted by molar-refractivity contribution is 7.19. The zero-order valence-electron chi connectivity index (χ0n) is 8.48. The molecule has 2 rings (SSSR count). The van der Waals surface area contributed by atoms with E-state index in [1.165, 1.54) is 11.3 Å². The Labute approximate surface area is 102 Å². The van der Waals surface area contributed by atoms with Crippen LogP contribution in [0.2, 0.25) is 4.34 Å². The van der Waals surface area contributed by atoms with E-state index in [0.29, 0.717) is 19.0 Å². The topological polar surface area (TPSA) is 63.8 Å². The zero-order chi connectivity index (χ0) is 11.4. The summed E-state index contributed by atoms with van der Waals surface area (Å²) in [6.07, 6.45) is 1.72. The average molecular weight is 255 g/mol. The third-order valence-corrected chi connectivity index (χ3v) is 3.16. The van der Waals surface area contributed by atoms with Crippen molar-refractivity contribution in [3.05, 3.63) is 28.7 Å². The van der Waals surface area contributed by atoms with Crippen molar-refractivity contribution < 1.29 is 0 Å². The van der Waals surface area contributed by atoms with Gasteiger partial charge in [-0.2, -0.15) is 0 Å². The molecular weight excluding hydrogens is 244 g/mol. The van der Waals surface area contributed by atoms with Crippen LogP contribution in [0.5, 0.6) is 0 Å². The molecule has 3 N–H and O–H groups in total. The van der Waals surface area contributed by atoms with Crippen molar-refractivity contribution in [3.63, 3.8) is 0 Å². The monoisotopic (exact) mass is 254 g/mol. The molecular formula is C10H11ClN4S. The van der Waals surface area contributed by atoms with Crippen molar-refractivity contribution in [1.82, 2.24) is 9.97 Å². The van der Waals surface area contributed by atoms with E-state index in [9.17, 15) is 0 Å². The molecule has 0 aliphatic heterocycles. The number of nitrogens with one attached hydrogen (secondary N) is 1. The van der Waals surface area contributed by atoms with E-state index >= 15 is 0 Å². The highest BCUT2D eigenvalue weighted by atomic mass is 35.5. The van der Waals surface area contributed by atoms with E-state index in [1.54, 1.807) is 6.20 Å². The first-order valence-electron chi connectivity index (χ1n) is 4.82. The van der Waals surface area contributed by atoms with Crippen molar-refractivity contribution in [1.29, 1.82) is 0 Å². The largest absolute Gasteiger partial charge is 0.353 e. The number of nitrogens with two attached hydrogens (primary N) is 1. The summed E-state index contributed by atoms with van der Waals surface area (Å²) < 4.78 is 0.755. The molecule has 0 unspecified atom stereocenters. The molecule has 2 heterocycles. The molecule has 2 aromatic rings. The summed E-state index contributed by atoms with van der Waals surface area (Å²) in [5.41, 5.74) is 6.26. The fraction of sp³-hybridized carbons (Fsp3) is 0.200. The summed E-state index contributed by atoms with van der Waals surface area (Å²) in [5, 5.41) is 3.04. The van der Waals surface area contributed by atoms with Crippen LogP contribution in [0.3, 0.4) is 0 Å². The summed E-state index contributed by atoms with van der Waals surface area (Å²) in [7, 11) is 0. The predicted molar refractivity (Wildman–Crippen MR) is 67.9 cm³/mol. The summed E-state index contributed by atoms with van der Waals surface area (Å²) in [6, 6.07) is 5.66. The second-order valence-corrected chi connectivity index (χ2v) is 4.80. The Kier molecular flexibility index (Phi) is 3.71. The van der Waals surface area contributed by atoms with Crippen LogP contribution in [-0.4, -0.2) is 23.1 Å². The third kappa shape index (κ3) is 2.69. The van der Waals surface area contributed by atoms with Gasteiger partial charge >= 0.3 is 0 Å². The Morgan fingerprint density at radius 3 is 2.94 bits per heavy atom. The number of aromatic nitrogens is 2. The molecule has 0 bridgehead atoms. The lowest BCUT2D eigenvalue weighted by Crippen LogP contribution is -2.14. The molecule has 0 fully saturated rings. The molecule has 0 saturated carbocycles. The number of hydrogen-bond donors (Lipinski definition) is 2. The van der Waals surface area contributed by atoms with Gasteiger partial charge < -0.3 is 11.1 Å². The van der Waals surface area contributed by atoms with Gasteiger partial charge in [-0.25, -0.2) is 9.97 Å². The summed E-state index contributed by atoms with van der Waals surface area (Å²) in [6.45, 7) is 1.22. The van der Waals surface area contributed by atoms with Crippen LogP contribution in [0.15, 0.2) is 24.4 Å². The molecule has 84 valence electrons. The van der Waals surface area contributed by atoms with Crippen LogP contribution < -0.4 is 11.1 Å². The molecule has 0 aliphatic carbocycles. The van der Waals surface area contributed by atoms with Gasteiger partial charge in [0.25, 0.3) is 0 Å². The Hall–Kier alpha value is -1.17. The van der Waals surface area contributed by atoms with Crippen LogP contribution >= 0.6 is 22.9 Å². The van der Waals surface area contributed by atoms with Crippen molar-refractivity contribution in [2.45, 2.75) is 0 Å². The fourth-order valence-corrected chi connectivity index (χ4v) is 2.23. The van der Waals surface area contributed by atoms with Crippen molar-refractivity contribution in [2.75, 3.05) is 18.4 Å². The summed E-state index contributed by atoms with van der Waals surface area (Å²) in [4.78, 5) is 9.50. The number of anilines is 1. The van der Waals surface area contributed by atoms with Crippen LogP contribution in [0, 0.1) is 0 Å². The smallest absolute Gasteiger partial charge is 0.223 e. The Bertz CT molecular complexity index is 471. The lowest BCUT2D eigenvalue weighted by atomic mass is 10.3. The predicted octanol–water partition coefficient (Wildman–Crippen LogP) is 2.23. The number of nitrogens with zero attached hydrogens (tertiary/aromatic N) is 2. The van der Waals surface area contributed by atoms with E-state index in [1.807, 2.05) is 18.2 Å². The first kappa shape index (κ1) is 11.3. The second-order valence-electron chi connectivity index (χ2n) is 3.08.